The largest absolute Gasteiger partial charge is 0.335 e. The second-order valence-corrected chi connectivity index (χ2v) is 5.56. The first-order chi connectivity index (χ1) is 8.69. The predicted octanol–water partition coefficient (Wildman–Crippen LogP) is 2.25. The molecule has 0 radical (unpaired) electrons. The van der Waals surface area contributed by atoms with Crippen LogP contribution >= 0.6 is 11.6 Å². The van der Waals surface area contributed by atoms with Crippen molar-refractivity contribution in [1.82, 2.24) is 4.90 Å². The van der Waals surface area contributed by atoms with Crippen molar-refractivity contribution in [3.8, 4) is 0 Å². The molecule has 1 aromatic carbocycles. The molecule has 2 bridgehead atoms. The van der Waals surface area contributed by atoms with E-state index >= 15 is 0 Å². The van der Waals surface area contributed by atoms with Crippen LogP contribution in [0.25, 0.3) is 0 Å². The summed E-state index contributed by atoms with van der Waals surface area (Å²) in [4.78, 5) is 14.5. The van der Waals surface area contributed by atoms with Crippen LogP contribution in [-0.4, -0.2) is 23.4 Å². The third-order valence-corrected chi connectivity index (χ3v) is 4.27. The fourth-order valence-corrected chi connectivity index (χ4v) is 3.32. The number of nitrogens with zero attached hydrogens (tertiary/aromatic N) is 1. The number of likely N-dealkylation sites (tertiary alicyclic amines) is 1. The number of nitrogen functional groups attached to an aromatic ring is 1. The zero-order valence-corrected chi connectivity index (χ0v) is 10.8. The van der Waals surface area contributed by atoms with Crippen LogP contribution < -0.4 is 11.3 Å². The Morgan fingerprint density at radius 3 is 2.89 bits per heavy atom. The van der Waals surface area contributed by atoms with E-state index in [1.807, 2.05) is 4.90 Å². The van der Waals surface area contributed by atoms with Crippen LogP contribution in [0.15, 0.2) is 18.2 Å². The van der Waals surface area contributed by atoms with Gasteiger partial charge in [-0.05, 0) is 43.4 Å². The summed E-state index contributed by atoms with van der Waals surface area (Å²) in [5.74, 6) is 6.18. The van der Waals surface area contributed by atoms with Gasteiger partial charge in [-0.3, -0.25) is 10.6 Å². The number of hydrogen-bond donors (Lipinski definition) is 2. The Morgan fingerprint density at radius 1 is 1.44 bits per heavy atom. The number of amides is 1. The zero-order valence-electron chi connectivity index (χ0n) is 10.0. The van der Waals surface area contributed by atoms with Gasteiger partial charge in [-0.25, -0.2) is 0 Å². The topological polar surface area (TPSA) is 58.4 Å². The van der Waals surface area contributed by atoms with Crippen LogP contribution in [0, 0.1) is 5.92 Å². The minimum absolute atomic E-state index is 0.0395. The molecule has 96 valence electrons. The monoisotopic (exact) mass is 265 g/mol. The Bertz CT molecular complexity index is 491. The SMILES string of the molecule is NNc1ccc(Cl)cc1C(=O)N1CC2CCC1C2. The minimum atomic E-state index is 0.0395. The Morgan fingerprint density at radius 2 is 2.28 bits per heavy atom. The standard InChI is InChI=1S/C13H16ClN3O/c14-9-2-4-12(16-15)11(6-9)13(18)17-7-8-1-3-10(17)5-8/h2,4,6,8,10,16H,1,3,5,7,15H2. The van der Waals surface area contributed by atoms with Crippen molar-refractivity contribution < 1.29 is 4.79 Å². The molecule has 1 amide bonds. The van der Waals surface area contributed by atoms with Crippen molar-refractivity contribution in [3.05, 3.63) is 28.8 Å². The summed E-state index contributed by atoms with van der Waals surface area (Å²) in [6.07, 6.45) is 3.53. The van der Waals surface area contributed by atoms with E-state index in [0.29, 0.717) is 28.2 Å². The van der Waals surface area contributed by atoms with E-state index < -0.39 is 0 Å². The lowest BCUT2D eigenvalue weighted by molar-refractivity contribution is 0.0704. The maximum Gasteiger partial charge on any atom is 0.256 e. The molecule has 1 aromatic rings. The van der Waals surface area contributed by atoms with Crippen LogP contribution in [0.5, 0.6) is 0 Å². The van der Waals surface area contributed by atoms with Gasteiger partial charge in [-0.15, -0.1) is 0 Å². The van der Waals surface area contributed by atoms with Crippen molar-refractivity contribution in [2.24, 2.45) is 11.8 Å². The van der Waals surface area contributed by atoms with E-state index in [4.69, 9.17) is 17.4 Å². The molecule has 2 fully saturated rings. The number of hydrazine groups is 1. The number of piperidine rings is 1. The normalized spacial score (nSPS) is 25.6. The second-order valence-electron chi connectivity index (χ2n) is 5.12. The Kier molecular flexibility index (Phi) is 2.92. The molecule has 1 aliphatic heterocycles. The van der Waals surface area contributed by atoms with Gasteiger partial charge in [0.25, 0.3) is 5.91 Å². The molecule has 18 heavy (non-hydrogen) atoms. The molecule has 5 heteroatoms. The van der Waals surface area contributed by atoms with Gasteiger partial charge in [0.05, 0.1) is 11.3 Å². The van der Waals surface area contributed by atoms with Gasteiger partial charge >= 0.3 is 0 Å². The van der Waals surface area contributed by atoms with E-state index in [9.17, 15) is 4.79 Å². The smallest absolute Gasteiger partial charge is 0.256 e. The first-order valence-corrected chi connectivity index (χ1v) is 6.64. The molecule has 1 heterocycles. The van der Waals surface area contributed by atoms with E-state index in [1.54, 1.807) is 18.2 Å². The number of carbonyl (C=O) groups is 1. The number of rotatable bonds is 2. The fourth-order valence-electron chi connectivity index (χ4n) is 3.15. The van der Waals surface area contributed by atoms with Crippen LogP contribution in [0.1, 0.15) is 29.6 Å². The zero-order chi connectivity index (χ0) is 12.7. The highest BCUT2D eigenvalue weighted by Gasteiger charge is 2.40. The molecule has 2 aliphatic rings. The molecule has 1 saturated carbocycles. The summed E-state index contributed by atoms with van der Waals surface area (Å²) >= 11 is 5.96. The van der Waals surface area contributed by atoms with Gasteiger partial charge in [0, 0.05) is 17.6 Å². The third-order valence-electron chi connectivity index (χ3n) is 4.04. The first kappa shape index (κ1) is 11.8. The van der Waals surface area contributed by atoms with E-state index in [0.717, 1.165) is 19.4 Å². The fraction of sp³-hybridized carbons (Fsp3) is 0.462. The number of halogens is 1. The maximum atomic E-state index is 12.5. The van der Waals surface area contributed by atoms with Crippen molar-refractivity contribution in [2.75, 3.05) is 12.0 Å². The van der Waals surface area contributed by atoms with Crippen LogP contribution in [0.4, 0.5) is 5.69 Å². The quantitative estimate of drug-likeness (QED) is 0.637. The van der Waals surface area contributed by atoms with Gasteiger partial charge in [-0.2, -0.15) is 0 Å². The summed E-state index contributed by atoms with van der Waals surface area (Å²) in [6, 6.07) is 5.56. The average molecular weight is 266 g/mol. The lowest BCUT2D eigenvalue weighted by Gasteiger charge is -2.27. The average Bonchev–Trinajstić information content (AvgIpc) is 3.00. The Balaban J connectivity index is 1.90. The van der Waals surface area contributed by atoms with Gasteiger partial charge in [0.1, 0.15) is 0 Å². The number of fused-ring (bicyclic) bond motifs is 2. The molecule has 4 nitrogen and oxygen atoms in total. The minimum Gasteiger partial charge on any atom is -0.335 e. The molecule has 2 unspecified atom stereocenters. The Labute approximate surface area is 111 Å². The molecule has 3 N–H and O–H groups in total. The maximum absolute atomic E-state index is 12.5. The van der Waals surface area contributed by atoms with Crippen molar-refractivity contribution in [3.63, 3.8) is 0 Å². The van der Waals surface area contributed by atoms with Gasteiger partial charge in [-0.1, -0.05) is 11.6 Å². The molecule has 1 saturated heterocycles. The highest BCUT2D eigenvalue weighted by Crippen LogP contribution is 2.38. The van der Waals surface area contributed by atoms with Crippen molar-refractivity contribution >= 4 is 23.2 Å². The second kappa shape index (κ2) is 4.44. The molecule has 1 aliphatic carbocycles. The number of nitrogens with one attached hydrogen (secondary N) is 1. The molecule has 0 aromatic heterocycles. The van der Waals surface area contributed by atoms with Gasteiger partial charge < -0.3 is 10.3 Å². The highest BCUT2D eigenvalue weighted by molar-refractivity contribution is 6.31. The Hall–Kier alpha value is -1.26. The van der Waals surface area contributed by atoms with Crippen LogP contribution in [0.2, 0.25) is 5.02 Å². The molecular weight excluding hydrogens is 250 g/mol. The summed E-state index contributed by atoms with van der Waals surface area (Å²) in [7, 11) is 0. The first-order valence-electron chi connectivity index (χ1n) is 6.26. The lowest BCUT2D eigenvalue weighted by Crippen LogP contribution is -2.38. The number of nitrogens with two attached hydrogens (primary N) is 1. The number of benzene rings is 1. The predicted molar refractivity (Wildman–Crippen MR) is 71.4 cm³/mol. The van der Waals surface area contributed by atoms with Gasteiger partial charge in [0.2, 0.25) is 0 Å². The van der Waals surface area contributed by atoms with E-state index in [2.05, 4.69) is 5.43 Å². The third kappa shape index (κ3) is 1.85. The number of carbonyl (C=O) groups excluding carboxylic acids is 1. The molecule has 2 atom stereocenters. The summed E-state index contributed by atoms with van der Waals surface area (Å²) in [5.41, 5.74) is 3.76. The summed E-state index contributed by atoms with van der Waals surface area (Å²) < 4.78 is 0. The van der Waals surface area contributed by atoms with E-state index in [1.165, 1.54) is 6.42 Å². The van der Waals surface area contributed by atoms with Crippen LogP contribution in [-0.2, 0) is 0 Å². The number of hydrogen-bond acceptors (Lipinski definition) is 3. The summed E-state index contributed by atoms with van der Waals surface area (Å²) in [6.45, 7) is 0.875. The van der Waals surface area contributed by atoms with Crippen molar-refractivity contribution in [1.29, 1.82) is 0 Å². The molecular formula is C13H16ClN3O. The van der Waals surface area contributed by atoms with Crippen molar-refractivity contribution in [2.45, 2.75) is 25.3 Å². The summed E-state index contributed by atoms with van der Waals surface area (Å²) in [5, 5.41) is 0.557. The van der Waals surface area contributed by atoms with E-state index in [-0.39, 0.29) is 5.91 Å². The van der Waals surface area contributed by atoms with Gasteiger partial charge in [0.15, 0.2) is 0 Å². The lowest BCUT2D eigenvalue weighted by atomic mass is 10.1. The molecule has 0 spiro atoms. The highest BCUT2D eigenvalue weighted by atomic mass is 35.5. The number of anilines is 1. The van der Waals surface area contributed by atoms with Crippen LogP contribution in [0.3, 0.4) is 0 Å². The molecule has 3 rings (SSSR count).